The normalized spacial score (nSPS) is 11.4. The fraction of sp³-hybridized carbons (Fsp3) is 0.182. The average Bonchev–Trinajstić information content (AvgIpc) is 3.45. The lowest BCUT2D eigenvalue weighted by atomic mass is 10.2. The zero-order valence-electron chi connectivity index (χ0n) is 16.9. The van der Waals surface area contributed by atoms with Gasteiger partial charge in [-0.1, -0.05) is 53.3 Å². The number of aromatic nitrogens is 5. The number of carbonyl (C=O) groups is 1. The molecule has 0 aliphatic carbocycles. The molecule has 0 aliphatic rings. The highest BCUT2D eigenvalue weighted by atomic mass is 32.2. The largest absolute Gasteiger partial charge is 0.360 e. The number of thioether (sulfide) groups is 1. The summed E-state index contributed by atoms with van der Waals surface area (Å²) in [6, 6.07) is 13.7. The molecule has 0 unspecified atom stereocenters. The summed E-state index contributed by atoms with van der Waals surface area (Å²) in [5.74, 6) is 2.32. The Balaban J connectivity index is 1.42. The smallest absolute Gasteiger partial charge is 0.209 e. The van der Waals surface area contributed by atoms with Crippen LogP contribution in [0.2, 0.25) is 0 Å². The second-order valence-electron chi connectivity index (χ2n) is 6.88. The summed E-state index contributed by atoms with van der Waals surface area (Å²) in [6.45, 7) is 5.70. The van der Waals surface area contributed by atoms with Gasteiger partial charge in [0.05, 0.1) is 5.75 Å². The highest BCUT2D eigenvalue weighted by molar-refractivity contribution is 7.99. The number of hydrogen-bond donors (Lipinski definition) is 1. The number of aryl methyl sites for hydroxylation is 2. The highest BCUT2D eigenvalue weighted by Gasteiger charge is 2.19. The van der Waals surface area contributed by atoms with Crippen molar-refractivity contribution < 1.29 is 9.32 Å². The molecule has 152 valence electrons. The molecule has 0 fully saturated rings. The first-order valence-corrected chi connectivity index (χ1v) is 10.4. The number of H-pyrrole nitrogens is 1. The van der Waals surface area contributed by atoms with E-state index in [2.05, 4.69) is 20.3 Å². The number of carbonyl (C=O) groups excluding carboxylic acids is 1. The lowest BCUT2D eigenvalue weighted by Crippen LogP contribution is -2.06. The van der Waals surface area contributed by atoms with Crippen LogP contribution >= 0.6 is 11.8 Å². The van der Waals surface area contributed by atoms with Gasteiger partial charge in [-0.3, -0.25) is 14.5 Å². The number of hydrogen-bond acceptors (Lipinski definition) is 6. The second kappa shape index (κ2) is 8.54. The van der Waals surface area contributed by atoms with Crippen molar-refractivity contribution in [2.45, 2.75) is 25.9 Å². The van der Waals surface area contributed by atoms with E-state index in [0.717, 1.165) is 22.7 Å². The number of aromatic amines is 1. The third-order valence-corrected chi connectivity index (χ3v) is 5.47. The molecule has 30 heavy (non-hydrogen) atoms. The number of ketones is 1. The van der Waals surface area contributed by atoms with E-state index >= 15 is 0 Å². The molecule has 4 aromatic rings. The van der Waals surface area contributed by atoms with Crippen LogP contribution in [0, 0.1) is 20.8 Å². The van der Waals surface area contributed by atoms with E-state index in [1.165, 1.54) is 11.8 Å². The number of nitrogens with one attached hydrogen (secondary N) is 1. The quantitative estimate of drug-likeness (QED) is 0.346. The molecule has 8 heteroatoms. The van der Waals surface area contributed by atoms with Gasteiger partial charge in [0.2, 0.25) is 5.16 Å². The molecule has 1 N–H and O–H groups in total. The van der Waals surface area contributed by atoms with Crippen LogP contribution in [0.4, 0.5) is 0 Å². The fourth-order valence-electron chi connectivity index (χ4n) is 3.20. The monoisotopic (exact) mass is 419 g/mol. The van der Waals surface area contributed by atoms with Crippen molar-refractivity contribution in [2.24, 2.45) is 0 Å². The molecule has 0 amide bonds. The molecule has 0 bridgehead atoms. The van der Waals surface area contributed by atoms with Crippen LogP contribution in [0.5, 0.6) is 0 Å². The van der Waals surface area contributed by atoms with Gasteiger partial charge < -0.3 is 4.52 Å². The lowest BCUT2D eigenvalue weighted by Gasteiger charge is -2.04. The van der Waals surface area contributed by atoms with Gasteiger partial charge in [0.25, 0.3) is 0 Å². The Morgan fingerprint density at radius 1 is 1.17 bits per heavy atom. The molecule has 0 spiro atoms. The van der Waals surface area contributed by atoms with Crippen LogP contribution in [0.25, 0.3) is 18.0 Å². The molecule has 3 aromatic heterocycles. The Morgan fingerprint density at radius 3 is 2.70 bits per heavy atom. The zero-order chi connectivity index (χ0) is 21.1. The molecule has 0 saturated heterocycles. The van der Waals surface area contributed by atoms with Crippen molar-refractivity contribution >= 4 is 29.7 Å². The maximum atomic E-state index is 12.8. The summed E-state index contributed by atoms with van der Waals surface area (Å²) >= 11 is 1.31. The van der Waals surface area contributed by atoms with E-state index in [4.69, 9.17) is 4.52 Å². The zero-order valence-corrected chi connectivity index (χ0v) is 17.7. The van der Waals surface area contributed by atoms with Crippen LogP contribution < -0.4 is 0 Å². The molecular formula is C22H21N5O2S. The Kier molecular flexibility index (Phi) is 5.67. The number of Topliss-reactive ketones (excluding diaryl/α,β-unsaturated/α-hetero) is 1. The van der Waals surface area contributed by atoms with Gasteiger partial charge in [-0.05, 0) is 38.5 Å². The highest BCUT2D eigenvalue weighted by Crippen LogP contribution is 2.23. The van der Waals surface area contributed by atoms with E-state index in [1.54, 1.807) is 0 Å². The molecule has 7 nitrogen and oxygen atoms in total. The van der Waals surface area contributed by atoms with Crippen molar-refractivity contribution in [2.75, 3.05) is 5.75 Å². The number of rotatable bonds is 7. The molecule has 1 aromatic carbocycles. The third-order valence-electron chi connectivity index (χ3n) is 4.62. The third kappa shape index (κ3) is 4.28. The lowest BCUT2D eigenvalue weighted by molar-refractivity contribution is 0.102. The van der Waals surface area contributed by atoms with Gasteiger partial charge in [-0.15, -0.1) is 5.10 Å². The minimum absolute atomic E-state index is 0.0192. The van der Waals surface area contributed by atoms with E-state index in [-0.39, 0.29) is 11.5 Å². The summed E-state index contributed by atoms with van der Waals surface area (Å²) in [7, 11) is 0. The first-order valence-electron chi connectivity index (χ1n) is 9.45. The summed E-state index contributed by atoms with van der Waals surface area (Å²) in [5.41, 5.74) is 3.52. The maximum absolute atomic E-state index is 12.8. The summed E-state index contributed by atoms with van der Waals surface area (Å²) in [6.07, 6.45) is 3.82. The number of benzene rings is 1. The van der Waals surface area contributed by atoms with Crippen LogP contribution in [0.15, 0.2) is 52.1 Å². The van der Waals surface area contributed by atoms with Gasteiger partial charge in [0.1, 0.15) is 11.6 Å². The molecular weight excluding hydrogens is 398 g/mol. The molecule has 3 heterocycles. The first kappa shape index (κ1) is 19.9. The van der Waals surface area contributed by atoms with Gasteiger partial charge in [-0.2, -0.15) is 0 Å². The Hall–Kier alpha value is -3.39. The number of nitrogens with zero attached hydrogens (tertiary/aromatic N) is 4. The van der Waals surface area contributed by atoms with Crippen LogP contribution in [-0.4, -0.2) is 36.4 Å². The molecule has 0 radical (unpaired) electrons. The Bertz CT molecular complexity index is 1200. The van der Waals surface area contributed by atoms with Crippen molar-refractivity contribution in [1.82, 2.24) is 24.9 Å². The van der Waals surface area contributed by atoms with E-state index in [1.807, 2.05) is 80.0 Å². The average molecular weight is 420 g/mol. The molecule has 4 rings (SSSR count). The molecule has 0 saturated carbocycles. The van der Waals surface area contributed by atoms with Crippen molar-refractivity contribution in [3.63, 3.8) is 0 Å². The van der Waals surface area contributed by atoms with Crippen molar-refractivity contribution in [3.8, 4) is 5.82 Å². The second-order valence-corrected chi connectivity index (χ2v) is 7.82. The predicted molar refractivity (Wildman–Crippen MR) is 117 cm³/mol. The van der Waals surface area contributed by atoms with Gasteiger partial charge in [0, 0.05) is 23.0 Å². The van der Waals surface area contributed by atoms with Gasteiger partial charge in [-0.25, -0.2) is 4.98 Å². The van der Waals surface area contributed by atoms with Gasteiger partial charge in [0.15, 0.2) is 11.6 Å². The standard InChI is InChI=1S/C22H21N5O2S/c1-14-11-18(16(3)27(14)21-12-15(2)29-26-21)19(28)13-30-22-23-20(24-25-22)10-9-17-7-5-4-6-8-17/h4-12H,13H2,1-3H3,(H,23,24,25)/b10-9+. The molecule has 0 aliphatic heterocycles. The summed E-state index contributed by atoms with van der Waals surface area (Å²) in [4.78, 5) is 17.2. The first-order chi connectivity index (χ1) is 14.5. The predicted octanol–water partition coefficient (Wildman–Crippen LogP) is 4.65. The maximum Gasteiger partial charge on any atom is 0.209 e. The van der Waals surface area contributed by atoms with Crippen LogP contribution in [0.1, 0.15) is 38.9 Å². The van der Waals surface area contributed by atoms with E-state index < -0.39 is 0 Å². The fourth-order valence-corrected chi connectivity index (χ4v) is 3.89. The van der Waals surface area contributed by atoms with Gasteiger partial charge >= 0.3 is 0 Å². The van der Waals surface area contributed by atoms with Crippen molar-refractivity contribution in [1.29, 1.82) is 0 Å². The SMILES string of the molecule is Cc1cc(-n2c(C)cc(C(=O)CSc3n[nH]c(/C=C/c4ccccc4)n3)c2C)no1. The minimum atomic E-state index is 0.0192. The Labute approximate surface area is 178 Å². The topological polar surface area (TPSA) is 89.6 Å². The summed E-state index contributed by atoms with van der Waals surface area (Å²) in [5, 5.41) is 11.7. The molecule has 0 atom stereocenters. The van der Waals surface area contributed by atoms with E-state index in [9.17, 15) is 4.79 Å². The van der Waals surface area contributed by atoms with Crippen LogP contribution in [-0.2, 0) is 0 Å². The summed E-state index contributed by atoms with van der Waals surface area (Å²) < 4.78 is 7.09. The van der Waals surface area contributed by atoms with E-state index in [0.29, 0.717) is 22.4 Å². The van der Waals surface area contributed by atoms with Crippen molar-refractivity contribution in [3.05, 3.63) is 76.6 Å². The minimum Gasteiger partial charge on any atom is -0.360 e. The Morgan fingerprint density at radius 2 is 1.97 bits per heavy atom. The van der Waals surface area contributed by atoms with Crippen LogP contribution in [0.3, 0.4) is 0 Å².